The van der Waals surface area contributed by atoms with E-state index in [-0.39, 0.29) is 17.8 Å². The van der Waals surface area contributed by atoms with Crippen LogP contribution in [0, 0.1) is 12.7 Å². The van der Waals surface area contributed by atoms with Gasteiger partial charge in [-0.1, -0.05) is 16.9 Å². The third-order valence-corrected chi connectivity index (χ3v) is 6.02. The second kappa shape index (κ2) is 9.82. The molecule has 0 aliphatic carbocycles. The number of aryl methyl sites for hydroxylation is 1. The standard InChI is InChI=1S/C22H22FN5O3S/c1-15-13-18(26-31-15)14-32-20-19(3-2-8-24-20)21(29)27-9-11-28(12-10-27)22(30)25-17-6-4-16(23)5-7-17/h2-8,13H,9-12,14H2,1H3,(H,25,30). The molecule has 0 saturated carbocycles. The molecular weight excluding hydrogens is 433 g/mol. The molecule has 1 aliphatic rings. The maximum absolute atomic E-state index is 13.1. The summed E-state index contributed by atoms with van der Waals surface area (Å²) in [6, 6.07) is 10.7. The summed E-state index contributed by atoms with van der Waals surface area (Å²) in [5, 5.41) is 7.35. The van der Waals surface area contributed by atoms with Crippen molar-refractivity contribution in [1.82, 2.24) is 19.9 Å². The Hall–Kier alpha value is -3.40. The molecule has 2 aromatic heterocycles. The van der Waals surface area contributed by atoms with E-state index in [1.54, 1.807) is 28.1 Å². The van der Waals surface area contributed by atoms with E-state index in [4.69, 9.17) is 4.52 Å². The van der Waals surface area contributed by atoms with Crippen LogP contribution in [0.25, 0.3) is 0 Å². The first-order valence-corrected chi connectivity index (χ1v) is 11.1. The molecule has 1 saturated heterocycles. The van der Waals surface area contributed by atoms with E-state index in [9.17, 15) is 14.0 Å². The lowest BCUT2D eigenvalue weighted by atomic mass is 10.2. The Morgan fingerprint density at radius 2 is 1.84 bits per heavy atom. The molecular formula is C22H22FN5O3S. The summed E-state index contributed by atoms with van der Waals surface area (Å²) >= 11 is 1.43. The first-order chi connectivity index (χ1) is 15.5. The van der Waals surface area contributed by atoms with Crippen molar-refractivity contribution in [3.63, 3.8) is 0 Å². The second-order valence-electron chi connectivity index (χ2n) is 7.29. The molecule has 10 heteroatoms. The minimum Gasteiger partial charge on any atom is -0.361 e. The largest absolute Gasteiger partial charge is 0.361 e. The highest BCUT2D eigenvalue weighted by molar-refractivity contribution is 7.98. The van der Waals surface area contributed by atoms with Crippen molar-refractivity contribution in [2.24, 2.45) is 0 Å². The van der Waals surface area contributed by atoms with E-state index >= 15 is 0 Å². The van der Waals surface area contributed by atoms with Crippen molar-refractivity contribution >= 4 is 29.4 Å². The molecule has 0 unspecified atom stereocenters. The summed E-state index contributed by atoms with van der Waals surface area (Å²) in [4.78, 5) is 33.3. The number of nitrogens with one attached hydrogen (secondary N) is 1. The Kier molecular flexibility index (Phi) is 6.69. The lowest BCUT2D eigenvalue weighted by molar-refractivity contribution is 0.0667. The number of hydrogen-bond acceptors (Lipinski definition) is 6. The van der Waals surface area contributed by atoms with E-state index < -0.39 is 0 Å². The lowest BCUT2D eigenvalue weighted by Crippen LogP contribution is -2.51. The van der Waals surface area contributed by atoms with Crippen LogP contribution in [0.3, 0.4) is 0 Å². The number of rotatable bonds is 5. The number of anilines is 1. The van der Waals surface area contributed by atoms with Crippen LogP contribution in [0.4, 0.5) is 14.9 Å². The van der Waals surface area contributed by atoms with Gasteiger partial charge in [0.15, 0.2) is 0 Å². The van der Waals surface area contributed by atoms with Crippen LogP contribution in [-0.2, 0) is 5.75 Å². The van der Waals surface area contributed by atoms with Crippen LogP contribution in [0.2, 0.25) is 0 Å². The maximum atomic E-state index is 13.1. The fourth-order valence-electron chi connectivity index (χ4n) is 3.32. The Balaban J connectivity index is 1.34. The monoisotopic (exact) mass is 455 g/mol. The molecule has 3 aromatic rings. The van der Waals surface area contributed by atoms with Crippen molar-refractivity contribution in [1.29, 1.82) is 0 Å². The molecule has 8 nitrogen and oxygen atoms in total. The number of carbonyl (C=O) groups is 2. The molecule has 32 heavy (non-hydrogen) atoms. The van der Waals surface area contributed by atoms with Crippen molar-refractivity contribution in [2.45, 2.75) is 17.7 Å². The minimum absolute atomic E-state index is 0.115. The summed E-state index contributed by atoms with van der Waals surface area (Å²) < 4.78 is 18.1. The molecule has 4 rings (SSSR count). The zero-order valence-electron chi connectivity index (χ0n) is 17.5. The van der Waals surface area contributed by atoms with Crippen molar-refractivity contribution in [3.05, 3.63) is 71.5 Å². The van der Waals surface area contributed by atoms with Gasteiger partial charge in [-0.05, 0) is 43.3 Å². The topological polar surface area (TPSA) is 91.6 Å². The number of carbonyl (C=O) groups excluding carboxylic acids is 2. The van der Waals surface area contributed by atoms with Crippen LogP contribution in [0.5, 0.6) is 0 Å². The average molecular weight is 456 g/mol. The number of urea groups is 1. The summed E-state index contributed by atoms with van der Waals surface area (Å²) in [6.45, 7) is 3.46. The highest BCUT2D eigenvalue weighted by Crippen LogP contribution is 2.25. The first kappa shape index (κ1) is 21.8. The van der Waals surface area contributed by atoms with Crippen molar-refractivity contribution in [2.75, 3.05) is 31.5 Å². The number of nitrogens with zero attached hydrogens (tertiary/aromatic N) is 4. The van der Waals surface area contributed by atoms with Crippen LogP contribution in [0.15, 0.2) is 58.2 Å². The number of thioether (sulfide) groups is 1. The molecule has 0 radical (unpaired) electrons. The van der Waals surface area contributed by atoms with Crippen LogP contribution in [-0.4, -0.2) is 58.1 Å². The van der Waals surface area contributed by atoms with Gasteiger partial charge in [-0.3, -0.25) is 4.79 Å². The van der Waals surface area contributed by atoms with Gasteiger partial charge in [0.1, 0.15) is 16.6 Å². The van der Waals surface area contributed by atoms with Crippen LogP contribution >= 0.6 is 11.8 Å². The number of benzene rings is 1. The maximum Gasteiger partial charge on any atom is 0.321 e. The lowest BCUT2D eigenvalue weighted by Gasteiger charge is -2.35. The van der Waals surface area contributed by atoms with Gasteiger partial charge in [-0.25, -0.2) is 14.2 Å². The van der Waals surface area contributed by atoms with Crippen LogP contribution in [0.1, 0.15) is 21.8 Å². The Morgan fingerprint density at radius 1 is 1.12 bits per heavy atom. The van der Waals surface area contributed by atoms with Crippen LogP contribution < -0.4 is 5.32 Å². The van der Waals surface area contributed by atoms with Gasteiger partial charge in [0, 0.05) is 49.9 Å². The SMILES string of the molecule is Cc1cc(CSc2ncccc2C(=O)N2CCN(C(=O)Nc3ccc(F)cc3)CC2)no1. The fraction of sp³-hybridized carbons (Fsp3) is 0.273. The van der Waals surface area contributed by atoms with Gasteiger partial charge in [0.2, 0.25) is 0 Å². The third kappa shape index (κ3) is 5.25. The normalized spacial score (nSPS) is 13.8. The summed E-state index contributed by atoms with van der Waals surface area (Å²) in [7, 11) is 0. The molecule has 0 bridgehead atoms. The summed E-state index contributed by atoms with van der Waals surface area (Å²) in [6.07, 6.45) is 1.66. The van der Waals surface area contributed by atoms with Crippen molar-refractivity contribution in [3.8, 4) is 0 Å². The van der Waals surface area contributed by atoms with E-state index in [0.29, 0.717) is 48.2 Å². The Bertz CT molecular complexity index is 1100. The predicted molar refractivity (Wildman–Crippen MR) is 118 cm³/mol. The number of piperazine rings is 1. The Labute approximate surface area is 188 Å². The van der Waals surface area contributed by atoms with Gasteiger partial charge in [-0.15, -0.1) is 0 Å². The number of halogens is 1. The number of hydrogen-bond donors (Lipinski definition) is 1. The number of aromatic nitrogens is 2. The van der Waals surface area contributed by atoms with E-state index in [1.165, 1.54) is 36.0 Å². The highest BCUT2D eigenvalue weighted by atomic mass is 32.2. The molecule has 3 heterocycles. The van der Waals surface area contributed by atoms with Gasteiger partial charge in [0.05, 0.1) is 11.3 Å². The molecule has 166 valence electrons. The van der Waals surface area contributed by atoms with Gasteiger partial charge in [0.25, 0.3) is 5.91 Å². The molecule has 0 spiro atoms. The first-order valence-electron chi connectivity index (χ1n) is 10.1. The third-order valence-electron chi connectivity index (χ3n) is 4.98. The number of amides is 3. The second-order valence-corrected chi connectivity index (χ2v) is 8.25. The number of pyridine rings is 1. The smallest absolute Gasteiger partial charge is 0.321 e. The molecule has 1 aliphatic heterocycles. The molecule has 1 N–H and O–H groups in total. The Morgan fingerprint density at radius 3 is 2.53 bits per heavy atom. The zero-order valence-corrected chi connectivity index (χ0v) is 18.3. The molecule has 3 amide bonds. The molecule has 1 fully saturated rings. The summed E-state index contributed by atoms with van der Waals surface area (Å²) in [5.41, 5.74) is 1.84. The molecule has 1 aromatic carbocycles. The quantitative estimate of drug-likeness (QED) is 0.589. The summed E-state index contributed by atoms with van der Waals surface area (Å²) in [5.74, 6) is 0.806. The zero-order chi connectivity index (χ0) is 22.5. The average Bonchev–Trinajstić information content (AvgIpc) is 3.24. The fourth-order valence-corrected chi connectivity index (χ4v) is 4.18. The predicted octanol–water partition coefficient (Wildman–Crippen LogP) is 3.80. The van der Waals surface area contributed by atoms with E-state index in [0.717, 1.165) is 11.5 Å². The van der Waals surface area contributed by atoms with E-state index in [2.05, 4.69) is 15.5 Å². The molecule has 0 atom stereocenters. The minimum atomic E-state index is -0.362. The van der Waals surface area contributed by atoms with Gasteiger partial charge < -0.3 is 19.6 Å². The van der Waals surface area contributed by atoms with Gasteiger partial charge in [-0.2, -0.15) is 0 Å². The van der Waals surface area contributed by atoms with Crippen molar-refractivity contribution < 1.29 is 18.5 Å². The van der Waals surface area contributed by atoms with Gasteiger partial charge >= 0.3 is 6.03 Å². The highest BCUT2D eigenvalue weighted by Gasteiger charge is 2.26. The van der Waals surface area contributed by atoms with E-state index in [1.807, 2.05) is 13.0 Å².